The van der Waals surface area contributed by atoms with Gasteiger partial charge in [-0.05, 0) is 75.4 Å². The van der Waals surface area contributed by atoms with Gasteiger partial charge in [0.05, 0.1) is 6.42 Å². The molecule has 2 N–H and O–H groups in total. The number of halogens is 2. The molecule has 3 aromatic carbocycles. The number of fused-ring (bicyclic) bond motifs is 2. The van der Waals surface area contributed by atoms with Crippen LogP contribution in [0.15, 0.2) is 64.6 Å². The van der Waals surface area contributed by atoms with E-state index in [9.17, 15) is 9.18 Å². The fourth-order valence-corrected chi connectivity index (χ4v) is 4.23. The van der Waals surface area contributed by atoms with Crippen LogP contribution in [-0.4, -0.2) is 11.1 Å². The van der Waals surface area contributed by atoms with Crippen LogP contribution in [0.4, 0.5) is 4.39 Å². The van der Waals surface area contributed by atoms with E-state index in [1.165, 1.54) is 12.1 Å². The highest BCUT2D eigenvalue weighted by Gasteiger charge is 2.25. The average Bonchev–Trinajstić information content (AvgIpc) is 2.95. The van der Waals surface area contributed by atoms with Crippen LogP contribution in [0.5, 0.6) is 0 Å². The molecule has 0 fully saturated rings. The summed E-state index contributed by atoms with van der Waals surface area (Å²) in [5.41, 5.74) is 6.83. The van der Waals surface area contributed by atoms with Crippen LogP contribution in [0, 0.1) is 5.82 Å². The Balaban J connectivity index is 1.93. The lowest BCUT2D eigenvalue weighted by atomic mass is 9.97. The van der Waals surface area contributed by atoms with Crippen LogP contribution in [0.2, 0.25) is 0 Å². The third-order valence-corrected chi connectivity index (χ3v) is 5.81. The molecule has 0 bridgehead atoms. The molecule has 0 heterocycles. The molecule has 0 saturated heterocycles. The first-order valence-corrected chi connectivity index (χ1v) is 9.61. The SMILES string of the molecule is CC1=C(CC(=O)NO)c2cc(F)ccc2/C1=C\c1ccc(Br)c2ccccc12. The minimum atomic E-state index is -0.528. The van der Waals surface area contributed by atoms with Gasteiger partial charge < -0.3 is 0 Å². The molecule has 0 radical (unpaired) electrons. The van der Waals surface area contributed by atoms with Crippen molar-refractivity contribution in [1.82, 2.24) is 5.48 Å². The molecule has 0 saturated carbocycles. The van der Waals surface area contributed by atoms with Crippen LogP contribution < -0.4 is 5.48 Å². The first-order valence-electron chi connectivity index (χ1n) is 8.82. The highest BCUT2D eigenvalue weighted by molar-refractivity contribution is 9.10. The predicted molar refractivity (Wildman–Crippen MR) is 113 cm³/mol. The summed E-state index contributed by atoms with van der Waals surface area (Å²) < 4.78 is 14.9. The summed E-state index contributed by atoms with van der Waals surface area (Å²) in [6.45, 7) is 1.92. The number of carbonyl (C=O) groups is 1. The number of amides is 1. The van der Waals surface area contributed by atoms with Gasteiger partial charge in [0, 0.05) is 4.47 Å². The number of allylic oxidation sites excluding steroid dienone is 2. The fraction of sp³-hybridized carbons (Fsp3) is 0.0870. The molecule has 28 heavy (non-hydrogen) atoms. The lowest BCUT2D eigenvalue weighted by Gasteiger charge is -2.08. The topological polar surface area (TPSA) is 49.3 Å². The van der Waals surface area contributed by atoms with Crippen LogP contribution in [0.1, 0.15) is 30.0 Å². The molecule has 1 aliphatic carbocycles. The van der Waals surface area contributed by atoms with Crippen molar-refractivity contribution in [2.24, 2.45) is 0 Å². The summed E-state index contributed by atoms with van der Waals surface area (Å²) >= 11 is 3.59. The molecule has 140 valence electrons. The largest absolute Gasteiger partial charge is 0.289 e. The van der Waals surface area contributed by atoms with Gasteiger partial charge in [-0.15, -0.1) is 0 Å². The number of hydrogen-bond acceptors (Lipinski definition) is 2. The van der Waals surface area contributed by atoms with Crippen LogP contribution in [0.25, 0.3) is 28.0 Å². The first kappa shape index (κ1) is 18.6. The van der Waals surface area contributed by atoms with E-state index in [4.69, 9.17) is 5.21 Å². The Morgan fingerprint density at radius 3 is 2.61 bits per heavy atom. The number of hydrogen-bond donors (Lipinski definition) is 2. The van der Waals surface area contributed by atoms with E-state index in [1.54, 1.807) is 11.5 Å². The Labute approximate surface area is 170 Å². The summed E-state index contributed by atoms with van der Waals surface area (Å²) in [6, 6.07) is 16.8. The van der Waals surface area contributed by atoms with Crippen molar-refractivity contribution in [1.29, 1.82) is 0 Å². The number of hydroxylamine groups is 1. The Bertz CT molecular complexity index is 1180. The Morgan fingerprint density at radius 1 is 1.11 bits per heavy atom. The Hall–Kier alpha value is -2.76. The van der Waals surface area contributed by atoms with Crippen molar-refractivity contribution < 1.29 is 14.4 Å². The Morgan fingerprint density at radius 2 is 1.86 bits per heavy atom. The first-order chi connectivity index (χ1) is 13.5. The van der Waals surface area contributed by atoms with Crippen molar-refractivity contribution in [3.63, 3.8) is 0 Å². The minimum Gasteiger partial charge on any atom is -0.289 e. The van der Waals surface area contributed by atoms with E-state index >= 15 is 0 Å². The minimum absolute atomic E-state index is 0.0167. The molecule has 1 aliphatic rings. The molecule has 0 atom stereocenters. The summed E-state index contributed by atoms with van der Waals surface area (Å²) in [7, 11) is 0. The molecule has 5 heteroatoms. The van der Waals surface area contributed by atoms with Crippen LogP contribution in [0.3, 0.4) is 0 Å². The van der Waals surface area contributed by atoms with Gasteiger partial charge in [0.1, 0.15) is 5.82 Å². The highest BCUT2D eigenvalue weighted by Crippen LogP contribution is 2.44. The van der Waals surface area contributed by atoms with Gasteiger partial charge in [-0.2, -0.15) is 0 Å². The number of carbonyl (C=O) groups excluding carboxylic acids is 1. The zero-order chi connectivity index (χ0) is 19.8. The number of nitrogens with one attached hydrogen (secondary N) is 1. The van der Waals surface area contributed by atoms with E-state index in [1.807, 2.05) is 31.2 Å². The maximum Gasteiger partial charge on any atom is 0.247 e. The smallest absolute Gasteiger partial charge is 0.247 e. The van der Waals surface area contributed by atoms with E-state index in [-0.39, 0.29) is 12.2 Å². The predicted octanol–water partition coefficient (Wildman–Crippen LogP) is 5.96. The highest BCUT2D eigenvalue weighted by atomic mass is 79.9. The van der Waals surface area contributed by atoms with Gasteiger partial charge in [0.25, 0.3) is 0 Å². The van der Waals surface area contributed by atoms with Gasteiger partial charge in [0.2, 0.25) is 5.91 Å². The lowest BCUT2D eigenvalue weighted by Crippen LogP contribution is -2.18. The van der Waals surface area contributed by atoms with Gasteiger partial charge in [-0.25, -0.2) is 9.87 Å². The standard InChI is InChI=1S/C23H17BrFNO2/c1-13-19(10-14-6-9-22(24)18-5-3-2-4-16(14)18)17-8-7-15(25)11-21(17)20(13)12-23(27)26-28/h2-11,28H,12H2,1H3,(H,26,27)/b19-10-. The van der Waals surface area contributed by atoms with Crippen molar-refractivity contribution in [3.8, 4) is 0 Å². The average molecular weight is 438 g/mol. The molecule has 1 amide bonds. The number of benzene rings is 3. The molecule has 4 rings (SSSR count). The van der Waals surface area contributed by atoms with E-state index in [0.29, 0.717) is 11.1 Å². The maximum absolute atomic E-state index is 13.9. The second-order valence-corrected chi connectivity index (χ2v) is 7.60. The molecular weight excluding hydrogens is 421 g/mol. The zero-order valence-corrected chi connectivity index (χ0v) is 16.7. The van der Waals surface area contributed by atoms with E-state index in [2.05, 4.69) is 34.1 Å². The second-order valence-electron chi connectivity index (χ2n) is 6.75. The lowest BCUT2D eigenvalue weighted by molar-refractivity contribution is -0.128. The molecule has 0 aromatic heterocycles. The summed E-state index contributed by atoms with van der Waals surface area (Å²) in [5, 5.41) is 11.1. The summed E-state index contributed by atoms with van der Waals surface area (Å²) in [6.07, 6.45) is 2.06. The van der Waals surface area contributed by atoms with Crippen LogP contribution in [-0.2, 0) is 4.79 Å². The maximum atomic E-state index is 13.9. The molecule has 0 aliphatic heterocycles. The van der Waals surface area contributed by atoms with Gasteiger partial charge in [-0.3, -0.25) is 10.0 Å². The van der Waals surface area contributed by atoms with Crippen molar-refractivity contribution >= 4 is 49.8 Å². The van der Waals surface area contributed by atoms with E-state index < -0.39 is 5.91 Å². The molecule has 0 unspecified atom stereocenters. The molecule has 0 spiro atoms. The van der Waals surface area contributed by atoms with Gasteiger partial charge in [0.15, 0.2) is 0 Å². The zero-order valence-electron chi connectivity index (χ0n) is 15.1. The molecule has 3 nitrogen and oxygen atoms in total. The van der Waals surface area contributed by atoms with Gasteiger partial charge >= 0.3 is 0 Å². The van der Waals surface area contributed by atoms with Crippen molar-refractivity contribution in [2.45, 2.75) is 13.3 Å². The molecular formula is C23H17BrFNO2. The van der Waals surface area contributed by atoms with Crippen LogP contribution >= 0.6 is 15.9 Å². The molecule has 3 aromatic rings. The van der Waals surface area contributed by atoms with Gasteiger partial charge in [-0.1, -0.05) is 52.3 Å². The summed E-state index contributed by atoms with van der Waals surface area (Å²) in [5.74, 6) is -0.885. The normalized spacial score (nSPS) is 14.6. The Kier molecular flexibility index (Phi) is 4.87. The third-order valence-electron chi connectivity index (χ3n) is 5.12. The fourth-order valence-electron chi connectivity index (χ4n) is 3.75. The second kappa shape index (κ2) is 7.34. The third kappa shape index (κ3) is 3.17. The van der Waals surface area contributed by atoms with Crippen molar-refractivity contribution in [2.75, 3.05) is 0 Å². The van der Waals surface area contributed by atoms with E-state index in [0.717, 1.165) is 37.5 Å². The monoisotopic (exact) mass is 437 g/mol. The summed E-state index contributed by atoms with van der Waals surface area (Å²) in [4.78, 5) is 11.8. The number of rotatable bonds is 3. The van der Waals surface area contributed by atoms with Crippen molar-refractivity contribution in [3.05, 3.63) is 87.2 Å². The quantitative estimate of drug-likeness (QED) is 0.391.